The maximum absolute atomic E-state index is 16.5. The molecule has 5 aliphatic rings. The van der Waals surface area contributed by atoms with Crippen molar-refractivity contribution in [1.29, 1.82) is 0 Å². The molecule has 1 aliphatic heterocycles. The third-order valence-corrected chi connectivity index (χ3v) is 13.2. The second-order valence-corrected chi connectivity index (χ2v) is 15.3. The number of nitrogens with zero attached hydrogens (tertiary/aromatic N) is 2. The molecule has 0 radical (unpaired) electrons. The van der Waals surface area contributed by atoms with Crippen molar-refractivity contribution in [3.8, 4) is 0 Å². The highest BCUT2D eigenvalue weighted by molar-refractivity contribution is 7.89. The number of ketones is 1. The molecule has 0 spiro atoms. The molecule has 200 valence electrons. The minimum atomic E-state index is -3.17. The van der Waals surface area contributed by atoms with Crippen LogP contribution < -0.4 is 0 Å². The minimum Gasteiger partial charge on any atom is -0.298 e. The van der Waals surface area contributed by atoms with Crippen LogP contribution in [0.1, 0.15) is 85.0 Å². The number of sulfonamides is 1. The SMILES string of the molecule is CCS(=O)(=O)N1CCCN(CC(=O)[C@H]2CCC3C4CC[C@@H]5C[C@@H](C)CCC5(F)C4CC[C@@]32C)CC1. The average molecular weight is 511 g/mol. The fraction of sp³-hybridized carbons (Fsp3) is 0.964. The zero-order chi connectivity index (χ0) is 25.0. The van der Waals surface area contributed by atoms with Crippen molar-refractivity contribution in [2.24, 2.45) is 40.9 Å². The number of alkyl halides is 1. The molecule has 5 nitrogen and oxygen atoms in total. The van der Waals surface area contributed by atoms with E-state index in [9.17, 15) is 13.2 Å². The van der Waals surface area contributed by atoms with Gasteiger partial charge in [0.05, 0.1) is 12.3 Å². The van der Waals surface area contributed by atoms with E-state index in [1.165, 1.54) is 0 Å². The number of rotatable bonds is 5. The smallest absolute Gasteiger partial charge is 0.213 e. The molecule has 5 rings (SSSR count). The van der Waals surface area contributed by atoms with Crippen LogP contribution in [0.25, 0.3) is 0 Å². The van der Waals surface area contributed by atoms with Gasteiger partial charge in [0.2, 0.25) is 10.0 Å². The first-order chi connectivity index (χ1) is 16.6. The van der Waals surface area contributed by atoms with Gasteiger partial charge in [0.15, 0.2) is 0 Å². The Bertz CT molecular complexity index is 912. The molecule has 0 aromatic carbocycles. The Morgan fingerprint density at radius 1 is 0.971 bits per heavy atom. The van der Waals surface area contributed by atoms with Crippen LogP contribution in [0.15, 0.2) is 0 Å². The second-order valence-electron chi connectivity index (χ2n) is 13.0. The first kappa shape index (κ1) is 26.1. The van der Waals surface area contributed by atoms with Crippen LogP contribution in [0.3, 0.4) is 0 Å². The molecule has 8 atom stereocenters. The van der Waals surface area contributed by atoms with E-state index in [0.29, 0.717) is 49.7 Å². The summed E-state index contributed by atoms with van der Waals surface area (Å²) in [5.41, 5.74) is -0.956. The second kappa shape index (κ2) is 9.65. The number of hydrogen-bond acceptors (Lipinski definition) is 4. The monoisotopic (exact) mass is 510 g/mol. The van der Waals surface area contributed by atoms with Gasteiger partial charge in [-0.25, -0.2) is 17.1 Å². The van der Waals surface area contributed by atoms with Gasteiger partial charge < -0.3 is 0 Å². The van der Waals surface area contributed by atoms with Crippen LogP contribution in [0, 0.1) is 40.9 Å². The number of halogens is 1. The molecule has 4 unspecified atom stereocenters. The molecule has 0 aromatic rings. The van der Waals surface area contributed by atoms with Gasteiger partial charge in [-0.15, -0.1) is 0 Å². The lowest BCUT2D eigenvalue weighted by molar-refractivity contribution is -0.146. The van der Waals surface area contributed by atoms with Gasteiger partial charge in [0.25, 0.3) is 0 Å². The van der Waals surface area contributed by atoms with Crippen LogP contribution in [0.2, 0.25) is 0 Å². The predicted octanol–water partition coefficient (Wildman–Crippen LogP) is 4.91. The van der Waals surface area contributed by atoms with Crippen molar-refractivity contribution in [2.45, 2.75) is 90.6 Å². The number of fused-ring (bicyclic) bond motifs is 5. The summed E-state index contributed by atoms with van der Waals surface area (Å²) in [7, 11) is -3.17. The first-order valence-corrected chi connectivity index (χ1v) is 16.1. The van der Waals surface area contributed by atoms with E-state index < -0.39 is 15.7 Å². The Labute approximate surface area is 212 Å². The van der Waals surface area contributed by atoms with Crippen molar-refractivity contribution in [3.05, 3.63) is 0 Å². The first-order valence-electron chi connectivity index (χ1n) is 14.5. The maximum atomic E-state index is 16.5. The molecule has 1 saturated heterocycles. The molecular weight excluding hydrogens is 463 g/mol. The van der Waals surface area contributed by atoms with E-state index in [1.54, 1.807) is 11.2 Å². The molecule has 0 bridgehead atoms. The summed E-state index contributed by atoms with van der Waals surface area (Å²) in [5.74, 6) is 2.62. The van der Waals surface area contributed by atoms with E-state index in [4.69, 9.17) is 0 Å². The number of hydrogen-bond donors (Lipinski definition) is 0. The highest BCUT2D eigenvalue weighted by Gasteiger charge is 2.62. The molecule has 4 saturated carbocycles. The highest BCUT2D eigenvalue weighted by atomic mass is 32.2. The van der Waals surface area contributed by atoms with Crippen LogP contribution >= 0.6 is 0 Å². The standard InChI is InChI=1S/C28H47FN2O3S/c1-4-35(33,34)31-15-5-14-30(16-17-31)19-26(32)25-9-8-23-22-7-6-21-18-20(2)10-13-28(21,29)24(22)11-12-27(23,25)3/h20-25H,4-19H2,1-3H3/t20-,21+,22?,23?,24?,25+,27-,28?/m0/s1. The summed E-state index contributed by atoms with van der Waals surface area (Å²) in [5, 5.41) is 0. The molecule has 0 N–H and O–H groups in total. The Morgan fingerprint density at radius 2 is 1.77 bits per heavy atom. The summed E-state index contributed by atoms with van der Waals surface area (Å²) < 4.78 is 42.7. The molecular formula is C28H47FN2O3S. The number of carbonyl (C=O) groups is 1. The number of carbonyl (C=O) groups excluding carboxylic acids is 1. The molecule has 4 aliphatic carbocycles. The minimum absolute atomic E-state index is 0.00679. The molecule has 5 fully saturated rings. The van der Waals surface area contributed by atoms with Crippen molar-refractivity contribution < 1.29 is 17.6 Å². The van der Waals surface area contributed by atoms with Gasteiger partial charge in [-0.05, 0) is 113 Å². The third-order valence-electron chi connectivity index (χ3n) is 11.4. The van der Waals surface area contributed by atoms with E-state index >= 15 is 4.39 Å². The summed E-state index contributed by atoms with van der Waals surface area (Å²) in [6.07, 6.45) is 9.80. The average Bonchev–Trinajstić information content (AvgIpc) is 3.00. The van der Waals surface area contributed by atoms with E-state index in [0.717, 1.165) is 70.8 Å². The summed E-state index contributed by atoms with van der Waals surface area (Å²) >= 11 is 0. The molecule has 1 heterocycles. The zero-order valence-electron chi connectivity index (χ0n) is 22.2. The van der Waals surface area contributed by atoms with Crippen molar-refractivity contribution in [3.63, 3.8) is 0 Å². The van der Waals surface area contributed by atoms with Gasteiger partial charge in [-0.1, -0.05) is 13.8 Å². The van der Waals surface area contributed by atoms with Gasteiger partial charge in [-0.3, -0.25) is 9.69 Å². The lowest BCUT2D eigenvalue weighted by atomic mass is 9.48. The van der Waals surface area contributed by atoms with E-state index in [-0.39, 0.29) is 28.9 Å². The molecule has 0 aromatic heterocycles. The quantitative estimate of drug-likeness (QED) is 0.527. The molecule has 35 heavy (non-hydrogen) atoms. The summed E-state index contributed by atoms with van der Waals surface area (Å²) in [6.45, 7) is 9.22. The summed E-state index contributed by atoms with van der Waals surface area (Å²) in [4.78, 5) is 15.8. The topological polar surface area (TPSA) is 57.7 Å². The zero-order valence-corrected chi connectivity index (χ0v) is 23.0. The fourth-order valence-corrected chi connectivity index (χ4v) is 10.6. The van der Waals surface area contributed by atoms with Crippen LogP contribution in [0.4, 0.5) is 4.39 Å². The lowest BCUT2D eigenvalue weighted by Gasteiger charge is -2.58. The van der Waals surface area contributed by atoms with E-state index in [1.807, 2.05) is 0 Å². The van der Waals surface area contributed by atoms with Gasteiger partial charge in [0.1, 0.15) is 11.5 Å². The fourth-order valence-electron chi connectivity index (χ4n) is 9.42. The van der Waals surface area contributed by atoms with Gasteiger partial charge in [-0.2, -0.15) is 0 Å². The molecule has 0 amide bonds. The lowest BCUT2D eigenvalue weighted by Crippen LogP contribution is -2.56. The van der Waals surface area contributed by atoms with Crippen LogP contribution in [-0.4, -0.2) is 67.6 Å². The Hall–Kier alpha value is -0.530. The van der Waals surface area contributed by atoms with Crippen molar-refractivity contribution in [1.82, 2.24) is 9.21 Å². The van der Waals surface area contributed by atoms with Gasteiger partial charge >= 0.3 is 0 Å². The Balaban J connectivity index is 1.24. The van der Waals surface area contributed by atoms with Crippen LogP contribution in [-0.2, 0) is 14.8 Å². The van der Waals surface area contributed by atoms with Gasteiger partial charge in [0, 0.05) is 25.6 Å². The van der Waals surface area contributed by atoms with Crippen LogP contribution in [0.5, 0.6) is 0 Å². The highest BCUT2D eigenvalue weighted by Crippen LogP contribution is 2.66. The normalized spacial score (nSPS) is 45.3. The third kappa shape index (κ3) is 4.54. The Morgan fingerprint density at radius 3 is 2.54 bits per heavy atom. The Kier molecular flexibility index (Phi) is 7.19. The van der Waals surface area contributed by atoms with Crippen molar-refractivity contribution in [2.75, 3.05) is 38.5 Å². The maximum Gasteiger partial charge on any atom is 0.213 e. The number of Topliss-reactive ketones (excluding diaryl/α,β-unsaturated/α-hetero) is 1. The van der Waals surface area contributed by atoms with Crippen molar-refractivity contribution >= 4 is 15.8 Å². The molecule has 7 heteroatoms. The predicted molar refractivity (Wildman–Crippen MR) is 137 cm³/mol. The van der Waals surface area contributed by atoms with E-state index in [2.05, 4.69) is 18.7 Å². The summed E-state index contributed by atoms with van der Waals surface area (Å²) in [6, 6.07) is 0. The largest absolute Gasteiger partial charge is 0.298 e.